The number of oxime groups is 1. The fourth-order valence-electron chi connectivity index (χ4n) is 3.23. The number of anilines is 1. The monoisotopic (exact) mass is 525 g/mol. The Kier molecular flexibility index (Phi) is 9.94. The SMILES string of the molecule is C=C(O/N=C(\C)c1ccc(NC(=O)NCCO)c(F)c1)C(CC)Oc1ccc(-c2noc(C(C)C)n2)cc1. The second kappa shape index (κ2) is 13.3. The van der Waals surface area contributed by atoms with Gasteiger partial charge >= 0.3 is 6.03 Å². The van der Waals surface area contributed by atoms with Gasteiger partial charge in [-0.05, 0) is 49.7 Å². The van der Waals surface area contributed by atoms with Crippen LogP contribution in [0.25, 0.3) is 11.4 Å². The molecule has 1 atom stereocenters. The number of aliphatic hydroxyl groups is 1. The fourth-order valence-corrected chi connectivity index (χ4v) is 3.23. The number of aliphatic hydroxyl groups excluding tert-OH is 1. The average Bonchev–Trinajstić information content (AvgIpc) is 3.41. The largest absolute Gasteiger partial charge is 0.482 e. The van der Waals surface area contributed by atoms with Gasteiger partial charge in [-0.15, -0.1) is 0 Å². The number of nitrogens with zero attached hydrogens (tertiary/aromatic N) is 3. The highest BCUT2D eigenvalue weighted by molar-refractivity contribution is 5.99. The van der Waals surface area contributed by atoms with Crippen molar-refractivity contribution in [2.45, 2.75) is 46.1 Å². The molecule has 0 aliphatic rings. The van der Waals surface area contributed by atoms with Crippen molar-refractivity contribution >= 4 is 17.4 Å². The minimum absolute atomic E-state index is 0.00696. The van der Waals surface area contributed by atoms with Crippen LogP contribution in [0.15, 0.2) is 64.5 Å². The van der Waals surface area contributed by atoms with E-state index in [4.69, 9.17) is 19.2 Å². The highest BCUT2D eigenvalue weighted by atomic mass is 19.1. The third kappa shape index (κ3) is 7.62. The first kappa shape index (κ1) is 28.3. The second-order valence-electron chi connectivity index (χ2n) is 8.68. The van der Waals surface area contributed by atoms with E-state index in [0.717, 1.165) is 5.56 Å². The van der Waals surface area contributed by atoms with Gasteiger partial charge in [-0.2, -0.15) is 4.98 Å². The molecule has 0 fully saturated rings. The van der Waals surface area contributed by atoms with Gasteiger partial charge in [-0.1, -0.05) is 43.7 Å². The number of halogens is 1. The predicted octanol–water partition coefficient (Wildman–Crippen LogP) is 5.22. The van der Waals surface area contributed by atoms with E-state index >= 15 is 0 Å². The molecule has 2 amide bonds. The molecular weight excluding hydrogens is 493 g/mol. The molecule has 2 aromatic carbocycles. The molecule has 0 bridgehead atoms. The maximum Gasteiger partial charge on any atom is 0.319 e. The summed E-state index contributed by atoms with van der Waals surface area (Å²) in [6.45, 7) is 11.3. The lowest BCUT2D eigenvalue weighted by atomic mass is 10.1. The number of carbonyl (C=O) groups is 1. The zero-order valence-corrected chi connectivity index (χ0v) is 21.8. The molecule has 1 aromatic heterocycles. The van der Waals surface area contributed by atoms with Crippen LogP contribution in [0.1, 0.15) is 51.5 Å². The van der Waals surface area contributed by atoms with Gasteiger partial charge in [0.2, 0.25) is 11.7 Å². The number of hydrogen-bond donors (Lipinski definition) is 3. The summed E-state index contributed by atoms with van der Waals surface area (Å²) in [6.07, 6.45) is 0.0984. The molecule has 38 heavy (non-hydrogen) atoms. The van der Waals surface area contributed by atoms with Crippen molar-refractivity contribution in [2.24, 2.45) is 5.16 Å². The quantitative estimate of drug-likeness (QED) is 0.168. The number of amides is 2. The first-order valence-electron chi connectivity index (χ1n) is 12.2. The fraction of sp³-hybridized carbons (Fsp3) is 0.333. The molecule has 0 saturated carbocycles. The molecule has 1 unspecified atom stereocenters. The van der Waals surface area contributed by atoms with Gasteiger partial charge in [0.1, 0.15) is 11.6 Å². The van der Waals surface area contributed by atoms with Gasteiger partial charge in [0.05, 0.1) is 18.0 Å². The number of benzene rings is 2. The highest BCUT2D eigenvalue weighted by Crippen LogP contribution is 2.24. The summed E-state index contributed by atoms with van der Waals surface area (Å²) in [5.41, 5.74) is 1.66. The van der Waals surface area contributed by atoms with E-state index in [0.29, 0.717) is 35.2 Å². The van der Waals surface area contributed by atoms with Crippen LogP contribution < -0.4 is 15.4 Å². The molecule has 0 spiro atoms. The molecule has 0 saturated heterocycles. The van der Waals surface area contributed by atoms with Crippen LogP contribution in [0, 0.1) is 5.82 Å². The van der Waals surface area contributed by atoms with Crippen LogP contribution in [0.2, 0.25) is 0 Å². The van der Waals surface area contributed by atoms with Gasteiger partial charge in [0.15, 0.2) is 11.9 Å². The van der Waals surface area contributed by atoms with Gasteiger partial charge < -0.3 is 29.8 Å². The van der Waals surface area contributed by atoms with Crippen molar-refractivity contribution in [3.05, 3.63) is 72.1 Å². The van der Waals surface area contributed by atoms with Crippen LogP contribution in [-0.2, 0) is 4.84 Å². The topological polar surface area (TPSA) is 131 Å². The lowest BCUT2D eigenvalue weighted by Gasteiger charge is -2.18. The van der Waals surface area contributed by atoms with E-state index in [1.54, 1.807) is 25.1 Å². The van der Waals surface area contributed by atoms with E-state index in [-0.39, 0.29) is 30.5 Å². The zero-order valence-electron chi connectivity index (χ0n) is 21.8. The van der Waals surface area contributed by atoms with Gasteiger partial charge in [-0.25, -0.2) is 9.18 Å². The molecule has 11 heteroatoms. The van der Waals surface area contributed by atoms with E-state index < -0.39 is 18.0 Å². The van der Waals surface area contributed by atoms with Crippen LogP contribution in [-0.4, -0.2) is 46.2 Å². The summed E-state index contributed by atoms with van der Waals surface area (Å²) in [4.78, 5) is 21.6. The highest BCUT2D eigenvalue weighted by Gasteiger charge is 2.17. The number of ether oxygens (including phenoxy) is 1. The molecule has 1 heterocycles. The Morgan fingerprint density at radius 3 is 2.58 bits per heavy atom. The number of urea groups is 1. The van der Waals surface area contributed by atoms with Crippen LogP contribution >= 0.6 is 0 Å². The Hall–Kier alpha value is -4.25. The van der Waals surface area contributed by atoms with Crippen molar-refractivity contribution < 1.29 is 28.4 Å². The van der Waals surface area contributed by atoms with Crippen LogP contribution in [0.5, 0.6) is 5.75 Å². The summed E-state index contributed by atoms with van der Waals surface area (Å²) >= 11 is 0. The lowest BCUT2D eigenvalue weighted by molar-refractivity contribution is 0.121. The Morgan fingerprint density at radius 2 is 1.97 bits per heavy atom. The second-order valence-corrected chi connectivity index (χ2v) is 8.68. The van der Waals surface area contributed by atoms with E-state index in [1.807, 2.05) is 32.9 Å². The number of rotatable bonds is 12. The maximum absolute atomic E-state index is 14.5. The van der Waals surface area contributed by atoms with Crippen molar-refractivity contribution in [1.82, 2.24) is 15.5 Å². The zero-order chi connectivity index (χ0) is 27.7. The summed E-state index contributed by atoms with van der Waals surface area (Å²) in [5.74, 6) is 1.48. The van der Waals surface area contributed by atoms with E-state index in [2.05, 4.69) is 32.5 Å². The van der Waals surface area contributed by atoms with Crippen LogP contribution in [0.4, 0.5) is 14.9 Å². The lowest BCUT2D eigenvalue weighted by Crippen LogP contribution is -2.31. The Bertz CT molecular complexity index is 1270. The first-order chi connectivity index (χ1) is 18.2. The predicted molar refractivity (Wildman–Crippen MR) is 141 cm³/mol. The van der Waals surface area contributed by atoms with Crippen LogP contribution in [0.3, 0.4) is 0 Å². The summed E-state index contributed by atoms with van der Waals surface area (Å²) in [5, 5.41) is 21.6. The molecular formula is C27H32FN5O5. The number of hydrogen-bond acceptors (Lipinski definition) is 8. The summed E-state index contributed by atoms with van der Waals surface area (Å²) < 4.78 is 25.7. The third-order valence-corrected chi connectivity index (χ3v) is 5.39. The molecule has 3 N–H and O–H groups in total. The molecule has 10 nitrogen and oxygen atoms in total. The Labute approximate surface area is 220 Å². The van der Waals surface area contributed by atoms with Gasteiger partial charge in [0.25, 0.3) is 0 Å². The standard InChI is InChI=1S/C27H32FN5O5/c1-6-24(36-21-10-7-19(8-11-21)25-31-26(16(2)3)38-33-25)18(5)37-32-17(4)20-9-12-23(22(28)15-20)30-27(35)29-13-14-34/h7-12,15-16,24,34H,5-6,13-14H2,1-4H3,(H2,29,30,35)/b32-17+. The average molecular weight is 526 g/mol. The number of aromatic nitrogens is 2. The van der Waals surface area contributed by atoms with E-state index in [1.165, 1.54) is 12.1 Å². The normalized spacial score (nSPS) is 12.2. The molecule has 0 aliphatic heterocycles. The van der Waals surface area contributed by atoms with Crippen molar-refractivity contribution in [3.8, 4) is 17.1 Å². The smallest absolute Gasteiger partial charge is 0.319 e. The minimum Gasteiger partial charge on any atom is -0.482 e. The summed E-state index contributed by atoms with van der Waals surface area (Å²) in [7, 11) is 0. The van der Waals surface area contributed by atoms with Gasteiger partial charge in [0, 0.05) is 23.6 Å². The molecule has 3 aromatic rings. The number of nitrogens with one attached hydrogen (secondary N) is 2. The molecule has 0 radical (unpaired) electrons. The maximum atomic E-state index is 14.5. The molecule has 3 rings (SSSR count). The molecule has 0 aliphatic carbocycles. The van der Waals surface area contributed by atoms with Crippen molar-refractivity contribution in [3.63, 3.8) is 0 Å². The first-order valence-corrected chi connectivity index (χ1v) is 12.2. The van der Waals surface area contributed by atoms with Gasteiger partial charge in [-0.3, -0.25) is 0 Å². The van der Waals surface area contributed by atoms with Crippen molar-refractivity contribution in [2.75, 3.05) is 18.5 Å². The molecule has 202 valence electrons. The third-order valence-electron chi connectivity index (χ3n) is 5.39. The van der Waals surface area contributed by atoms with E-state index in [9.17, 15) is 9.18 Å². The number of carbonyl (C=O) groups excluding carboxylic acids is 1. The van der Waals surface area contributed by atoms with Crippen molar-refractivity contribution in [1.29, 1.82) is 0 Å². The minimum atomic E-state index is -0.644. The Balaban J connectivity index is 1.59. The summed E-state index contributed by atoms with van der Waals surface area (Å²) in [6, 6.07) is 10.9. The Morgan fingerprint density at radius 1 is 1.24 bits per heavy atom.